The Kier molecular flexibility index (Phi) is 3.75. The summed E-state index contributed by atoms with van der Waals surface area (Å²) in [7, 11) is 0. The molecule has 0 atom stereocenters. The first-order valence-electron chi connectivity index (χ1n) is 7.00. The molecule has 100 valence electrons. The molecule has 20 heavy (non-hydrogen) atoms. The van der Waals surface area contributed by atoms with Crippen LogP contribution in [0, 0.1) is 0 Å². The average molecular weight is 262 g/mol. The zero-order valence-corrected chi connectivity index (χ0v) is 11.6. The number of hydrogen-bond donors (Lipinski definition) is 1. The van der Waals surface area contributed by atoms with Crippen molar-refractivity contribution in [3.8, 4) is 11.1 Å². The monoisotopic (exact) mass is 262 g/mol. The molecule has 3 rings (SSSR count). The van der Waals surface area contributed by atoms with Gasteiger partial charge in [-0.15, -0.1) is 0 Å². The smallest absolute Gasteiger partial charge is 0.0346 e. The lowest BCUT2D eigenvalue weighted by atomic mass is 10.0. The summed E-state index contributed by atoms with van der Waals surface area (Å²) in [4.78, 5) is 4.35. The Balaban J connectivity index is 1.97. The van der Waals surface area contributed by atoms with Crippen molar-refractivity contribution in [2.24, 2.45) is 0 Å². The first-order valence-corrected chi connectivity index (χ1v) is 7.00. The van der Waals surface area contributed by atoms with E-state index in [0.29, 0.717) is 0 Å². The van der Waals surface area contributed by atoms with Gasteiger partial charge in [0, 0.05) is 24.5 Å². The van der Waals surface area contributed by atoms with Crippen LogP contribution >= 0.6 is 0 Å². The van der Waals surface area contributed by atoms with Crippen molar-refractivity contribution in [3.05, 3.63) is 66.5 Å². The van der Waals surface area contributed by atoms with E-state index < -0.39 is 0 Å². The van der Waals surface area contributed by atoms with Gasteiger partial charge < -0.3 is 5.32 Å². The van der Waals surface area contributed by atoms with E-state index in [1.165, 1.54) is 27.5 Å². The van der Waals surface area contributed by atoms with Gasteiger partial charge in [-0.05, 0) is 40.6 Å². The largest absolute Gasteiger partial charge is 0.313 e. The fourth-order valence-corrected chi connectivity index (χ4v) is 2.38. The molecule has 1 aromatic heterocycles. The summed E-state index contributed by atoms with van der Waals surface area (Å²) in [5.74, 6) is 0. The van der Waals surface area contributed by atoms with Crippen LogP contribution in [0.3, 0.4) is 0 Å². The maximum atomic E-state index is 4.35. The SMILES string of the molecule is CCNCc1cncc(-c2ccc3ccccc3c2)c1. The lowest BCUT2D eigenvalue weighted by molar-refractivity contribution is 0.724. The van der Waals surface area contributed by atoms with Crippen LogP contribution in [0.5, 0.6) is 0 Å². The second-order valence-electron chi connectivity index (χ2n) is 4.92. The number of rotatable bonds is 4. The Morgan fingerprint density at radius 3 is 2.60 bits per heavy atom. The summed E-state index contributed by atoms with van der Waals surface area (Å²) in [6.45, 7) is 3.95. The Morgan fingerprint density at radius 1 is 0.900 bits per heavy atom. The molecule has 0 aliphatic carbocycles. The standard InChI is InChI=1S/C18H18N2/c1-2-19-11-14-9-18(13-20-12-14)17-8-7-15-5-3-4-6-16(15)10-17/h3-10,12-13,19H,2,11H2,1H3. The van der Waals surface area contributed by atoms with Crippen molar-refractivity contribution in [2.45, 2.75) is 13.5 Å². The van der Waals surface area contributed by atoms with E-state index in [0.717, 1.165) is 13.1 Å². The average Bonchev–Trinajstić information content (AvgIpc) is 2.53. The molecule has 0 saturated heterocycles. The molecule has 0 bridgehead atoms. The van der Waals surface area contributed by atoms with Gasteiger partial charge in [-0.2, -0.15) is 0 Å². The van der Waals surface area contributed by atoms with Crippen LogP contribution in [0.15, 0.2) is 60.9 Å². The Hall–Kier alpha value is -2.19. The molecule has 2 aromatic carbocycles. The van der Waals surface area contributed by atoms with Gasteiger partial charge in [-0.1, -0.05) is 43.3 Å². The molecule has 3 aromatic rings. The molecule has 0 amide bonds. The minimum atomic E-state index is 0.866. The van der Waals surface area contributed by atoms with Gasteiger partial charge in [0.05, 0.1) is 0 Å². The second-order valence-corrected chi connectivity index (χ2v) is 4.92. The first kappa shape index (κ1) is 12.8. The molecular weight excluding hydrogens is 244 g/mol. The molecule has 0 fully saturated rings. The zero-order valence-electron chi connectivity index (χ0n) is 11.6. The molecule has 1 heterocycles. The highest BCUT2D eigenvalue weighted by molar-refractivity contribution is 5.87. The van der Waals surface area contributed by atoms with Gasteiger partial charge in [0.25, 0.3) is 0 Å². The number of hydrogen-bond acceptors (Lipinski definition) is 2. The van der Waals surface area contributed by atoms with Crippen molar-refractivity contribution in [3.63, 3.8) is 0 Å². The van der Waals surface area contributed by atoms with E-state index in [2.05, 4.69) is 65.8 Å². The molecule has 0 aliphatic rings. The summed E-state index contributed by atoms with van der Waals surface area (Å²) in [5.41, 5.74) is 3.61. The normalized spacial score (nSPS) is 10.8. The van der Waals surface area contributed by atoms with Crippen LogP contribution in [0.4, 0.5) is 0 Å². The third-order valence-corrected chi connectivity index (χ3v) is 3.46. The molecule has 2 heteroatoms. The molecule has 0 aliphatic heterocycles. The number of nitrogens with one attached hydrogen (secondary N) is 1. The van der Waals surface area contributed by atoms with E-state index in [-0.39, 0.29) is 0 Å². The van der Waals surface area contributed by atoms with Gasteiger partial charge in [-0.3, -0.25) is 4.98 Å². The summed E-state index contributed by atoms with van der Waals surface area (Å²) in [6, 6.07) is 17.2. The third-order valence-electron chi connectivity index (χ3n) is 3.46. The molecule has 0 saturated carbocycles. The number of fused-ring (bicyclic) bond motifs is 1. The van der Waals surface area contributed by atoms with E-state index >= 15 is 0 Å². The molecule has 1 N–H and O–H groups in total. The molecular formula is C18H18N2. The maximum absolute atomic E-state index is 4.35. The van der Waals surface area contributed by atoms with Crippen molar-refractivity contribution in [1.29, 1.82) is 0 Å². The molecule has 2 nitrogen and oxygen atoms in total. The van der Waals surface area contributed by atoms with Crippen LogP contribution in [0.1, 0.15) is 12.5 Å². The van der Waals surface area contributed by atoms with Crippen LogP contribution in [0.25, 0.3) is 21.9 Å². The summed E-state index contributed by atoms with van der Waals surface area (Å²) >= 11 is 0. The topological polar surface area (TPSA) is 24.9 Å². The fraction of sp³-hybridized carbons (Fsp3) is 0.167. The van der Waals surface area contributed by atoms with Crippen LogP contribution in [0.2, 0.25) is 0 Å². The Morgan fingerprint density at radius 2 is 1.75 bits per heavy atom. The maximum Gasteiger partial charge on any atom is 0.0346 e. The predicted octanol–water partition coefficient (Wildman–Crippen LogP) is 4.01. The highest BCUT2D eigenvalue weighted by atomic mass is 14.8. The summed E-state index contributed by atoms with van der Waals surface area (Å²) in [6.07, 6.45) is 3.85. The van der Waals surface area contributed by atoms with Crippen molar-refractivity contribution in [1.82, 2.24) is 10.3 Å². The fourth-order valence-electron chi connectivity index (χ4n) is 2.38. The van der Waals surface area contributed by atoms with Crippen LogP contribution in [-0.4, -0.2) is 11.5 Å². The van der Waals surface area contributed by atoms with Crippen LogP contribution < -0.4 is 5.32 Å². The first-order chi connectivity index (χ1) is 9.86. The van der Waals surface area contributed by atoms with E-state index in [9.17, 15) is 0 Å². The number of aromatic nitrogens is 1. The highest BCUT2D eigenvalue weighted by Crippen LogP contribution is 2.24. The van der Waals surface area contributed by atoms with Crippen molar-refractivity contribution < 1.29 is 0 Å². The van der Waals surface area contributed by atoms with E-state index in [1.54, 1.807) is 0 Å². The lowest BCUT2D eigenvalue weighted by Gasteiger charge is -2.07. The molecule has 0 spiro atoms. The number of benzene rings is 2. The summed E-state index contributed by atoms with van der Waals surface area (Å²) in [5, 5.41) is 5.87. The second kappa shape index (κ2) is 5.85. The Bertz CT molecular complexity index is 719. The van der Waals surface area contributed by atoms with Crippen molar-refractivity contribution in [2.75, 3.05) is 6.54 Å². The van der Waals surface area contributed by atoms with E-state index in [1.807, 2.05) is 12.4 Å². The van der Waals surface area contributed by atoms with Gasteiger partial charge in [-0.25, -0.2) is 0 Å². The van der Waals surface area contributed by atoms with Gasteiger partial charge in [0.15, 0.2) is 0 Å². The molecule has 0 radical (unpaired) electrons. The van der Waals surface area contributed by atoms with Gasteiger partial charge in [0.1, 0.15) is 0 Å². The number of nitrogens with zero attached hydrogens (tertiary/aromatic N) is 1. The highest BCUT2D eigenvalue weighted by Gasteiger charge is 2.01. The van der Waals surface area contributed by atoms with Gasteiger partial charge >= 0.3 is 0 Å². The third kappa shape index (κ3) is 2.70. The minimum Gasteiger partial charge on any atom is -0.313 e. The van der Waals surface area contributed by atoms with E-state index in [4.69, 9.17) is 0 Å². The predicted molar refractivity (Wildman–Crippen MR) is 84.6 cm³/mol. The lowest BCUT2D eigenvalue weighted by Crippen LogP contribution is -2.11. The minimum absolute atomic E-state index is 0.866. The van der Waals surface area contributed by atoms with Gasteiger partial charge in [0.2, 0.25) is 0 Å². The Labute approximate surface area is 119 Å². The van der Waals surface area contributed by atoms with Crippen LogP contribution in [-0.2, 0) is 6.54 Å². The summed E-state index contributed by atoms with van der Waals surface area (Å²) < 4.78 is 0. The van der Waals surface area contributed by atoms with Crippen molar-refractivity contribution >= 4 is 10.8 Å². The quantitative estimate of drug-likeness (QED) is 0.768. The number of pyridine rings is 1. The molecule has 0 unspecified atom stereocenters. The zero-order chi connectivity index (χ0) is 13.8.